The summed E-state index contributed by atoms with van der Waals surface area (Å²) in [5.41, 5.74) is 2.11. The van der Waals surface area contributed by atoms with Gasteiger partial charge < -0.3 is 10.6 Å². The van der Waals surface area contributed by atoms with E-state index in [1.165, 1.54) is 6.20 Å². The number of aryl methyl sites for hydroxylation is 1. The number of carbonyl (C=O) groups is 1. The lowest BCUT2D eigenvalue weighted by Crippen LogP contribution is -2.15. The van der Waals surface area contributed by atoms with Gasteiger partial charge in [-0.3, -0.25) is 4.79 Å². The van der Waals surface area contributed by atoms with Gasteiger partial charge in [0.2, 0.25) is 0 Å². The average Bonchev–Trinajstić information content (AvgIpc) is 2.50. The van der Waals surface area contributed by atoms with Gasteiger partial charge in [0.1, 0.15) is 11.5 Å². The van der Waals surface area contributed by atoms with Gasteiger partial charge in [-0.05, 0) is 52.9 Å². The normalized spacial score (nSPS) is 10.7. The minimum atomic E-state index is -0.282. The van der Waals surface area contributed by atoms with E-state index >= 15 is 0 Å². The topological polar surface area (TPSA) is 66.9 Å². The maximum Gasteiger partial charge on any atom is 0.275 e. The third kappa shape index (κ3) is 5.32. The molecule has 0 spiro atoms. The Morgan fingerprint density at radius 2 is 2.04 bits per heavy atom. The molecule has 0 aliphatic heterocycles. The first-order chi connectivity index (χ1) is 11.0. The van der Waals surface area contributed by atoms with Gasteiger partial charge in [-0.15, -0.1) is 0 Å². The molecule has 1 heterocycles. The lowest BCUT2D eigenvalue weighted by molar-refractivity contribution is 0.102. The molecule has 1 amide bonds. The first-order valence-corrected chi connectivity index (χ1v) is 8.38. The standard InChI is InChI=1S/C17H21BrN4O/c1-11(2)6-7-19-16-10-20-15(9-21-16)17(23)22-14-5-4-12(3)8-13(14)18/h4-5,8-11H,6-7H2,1-3H3,(H,19,21)(H,22,23). The summed E-state index contributed by atoms with van der Waals surface area (Å²) in [6.45, 7) is 7.18. The number of carbonyl (C=O) groups excluding carboxylic acids is 1. The Labute approximate surface area is 145 Å². The van der Waals surface area contributed by atoms with Gasteiger partial charge in [-0.1, -0.05) is 19.9 Å². The van der Waals surface area contributed by atoms with Crippen molar-refractivity contribution in [3.05, 3.63) is 46.3 Å². The molecular weight excluding hydrogens is 356 g/mol. The third-order valence-electron chi connectivity index (χ3n) is 3.29. The van der Waals surface area contributed by atoms with Gasteiger partial charge in [0.05, 0.1) is 18.1 Å². The van der Waals surface area contributed by atoms with Crippen molar-refractivity contribution in [1.29, 1.82) is 0 Å². The fourth-order valence-electron chi connectivity index (χ4n) is 1.93. The summed E-state index contributed by atoms with van der Waals surface area (Å²) in [6.07, 6.45) is 4.12. The Morgan fingerprint density at radius 3 is 2.65 bits per heavy atom. The van der Waals surface area contributed by atoms with Crippen molar-refractivity contribution in [3.8, 4) is 0 Å². The number of anilines is 2. The summed E-state index contributed by atoms with van der Waals surface area (Å²) in [7, 11) is 0. The average molecular weight is 377 g/mol. The molecule has 1 aromatic heterocycles. The van der Waals surface area contributed by atoms with Gasteiger partial charge in [0.15, 0.2) is 0 Å². The van der Waals surface area contributed by atoms with Crippen molar-refractivity contribution in [2.45, 2.75) is 27.2 Å². The van der Waals surface area contributed by atoms with Crippen molar-refractivity contribution in [3.63, 3.8) is 0 Å². The Kier molecular flexibility index (Phi) is 6.10. The number of hydrogen-bond acceptors (Lipinski definition) is 4. The van der Waals surface area contributed by atoms with Crippen molar-refractivity contribution in [2.75, 3.05) is 17.2 Å². The maximum atomic E-state index is 12.2. The van der Waals surface area contributed by atoms with Crippen LogP contribution in [-0.2, 0) is 0 Å². The number of amides is 1. The zero-order chi connectivity index (χ0) is 16.8. The highest BCUT2D eigenvalue weighted by Gasteiger charge is 2.10. The second-order valence-corrected chi connectivity index (χ2v) is 6.69. The predicted octanol–water partition coefficient (Wildman–Crippen LogP) is 4.26. The van der Waals surface area contributed by atoms with Crippen molar-refractivity contribution < 1.29 is 4.79 Å². The third-order valence-corrected chi connectivity index (χ3v) is 3.94. The van der Waals surface area contributed by atoms with Crippen LogP contribution in [0.3, 0.4) is 0 Å². The molecule has 0 saturated carbocycles. The monoisotopic (exact) mass is 376 g/mol. The molecule has 23 heavy (non-hydrogen) atoms. The second kappa shape index (κ2) is 8.06. The van der Waals surface area contributed by atoms with Gasteiger partial charge in [0.25, 0.3) is 5.91 Å². The van der Waals surface area contributed by atoms with Crippen LogP contribution < -0.4 is 10.6 Å². The molecule has 6 heteroatoms. The van der Waals surface area contributed by atoms with E-state index in [-0.39, 0.29) is 11.6 Å². The van der Waals surface area contributed by atoms with Crippen LogP contribution in [-0.4, -0.2) is 22.4 Å². The first kappa shape index (κ1) is 17.4. The first-order valence-electron chi connectivity index (χ1n) is 7.59. The van der Waals surface area contributed by atoms with E-state index in [1.54, 1.807) is 6.20 Å². The summed E-state index contributed by atoms with van der Waals surface area (Å²) in [5, 5.41) is 6.02. The predicted molar refractivity (Wildman–Crippen MR) is 96.8 cm³/mol. The van der Waals surface area contributed by atoms with Crippen molar-refractivity contribution in [2.24, 2.45) is 5.92 Å². The molecule has 0 atom stereocenters. The number of benzene rings is 1. The van der Waals surface area contributed by atoms with Gasteiger partial charge in [-0.25, -0.2) is 9.97 Å². The van der Waals surface area contributed by atoms with Crippen LogP contribution >= 0.6 is 15.9 Å². The summed E-state index contributed by atoms with van der Waals surface area (Å²) in [5.74, 6) is 1.03. The number of aromatic nitrogens is 2. The van der Waals surface area contributed by atoms with Crippen LogP contribution in [0.15, 0.2) is 35.1 Å². The Balaban J connectivity index is 1.97. The van der Waals surface area contributed by atoms with Crippen LogP contribution in [0.25, 0.3) is 0 Å². The van der Waals surface area contributed by atoms with E-state index in [2.05, 4.69) is 50.4 Å². The molecule has 0 fully saturated rings. The molecular formula is C17H21BrN4O. The van der Waals surface area contributed by atoms with Gasteiger partial charge in [0, 0.05) is 11.0 Å². The number of halogens is 1. The van der Waals surface area contributed by atoms with Crippen molar-refractivity contribution >= 4 is 33.3 Å². The molecule has 0 unspecified atom stereocenters. The smallest absolute Gasteiger partial charge is 0.275 e. The quantitative estimate of drug-likeness (QED) is 0.790. The summed E-state index contributed by atoms with van der Waals surface area (Å²) >= 11 is 3.44. The molecule has 1 aromatic carbocycles. The molecule has 122 valence electrons. The fraction of sp³-hybridized carbons (Fsp3) is 0.353. The van der Waals surface area contributed by atoms with Crippen LogP contribution in [0.4, 0.5) is 11.5 Å². The second-order valence-electron chi connectivity index (χ2n) is 5.83. The minimum Gasteiger partial charge on any atom is -0.369 e. The van der Waals surface area contributed by atoms with Crippen LogP contribution in [0, 0.1) is 12.8 Å². The SMILES string of the molecule is Cc1ccc(NC(=O)c2cnc(NCCC(C)C)cn2)c(Br)c1. The fourth-order valence-corrected chi connectivity index (χ4v) is 2.53. The van der Waals surface area contributed by atoms with Gasteiger partial charge in [-0.2, -0.15) is 0 Å². The Hall–Kier alpha value is -1.95. The number of nitrogens with zero attached hydrogens (tertiary/aromatic N) is 2. The lowest BCUT2D eigenvalue weighted by atomic mass is 10.1. The molecule has 0 aliphatic rings. The molecule has 2 N–H and O–H groups in total. The molecule has 0 radical (unpaired) electrons. The number of hydrogen-bond donors (Lipinski definition) is 2. The van der Waals surface area contributed by atoms with Crippen molar-refractivity contribution in [1.82, 2.24) is 9.97 Å². The van der Waals surface area contributed by atoms with E-state index in [1.807, 2.05) is 25.1 Å². The van der Waals surface area contributed by atoms with E-state index in [4.69, 9.17) is 0 Å². The zero-order valence-corrected chi connectivity index (χ0v) is 15.1. The molecule has 0 aliphatic carbocycles. The maximum absolute atomic E-state index is 12.2. The zero-order valence-electron chi connectivity index (χ0n) is 13.6. The van der Waals surface area contributed by atoms with Gasteiger partial charge >= 0.3 is 0 Å². The summed E-state index contributed by atoms with van der Waals surface area (Å²) in [6, 6.07) is 5.74. The highest BCUT2D eigenvalue weighted by molar-refractivity contribution is 9.10. The van der Waals surface area contributed by atoms with E-state index in [0.29, 0.717) is 17.4 Å². The molecule has 2 rings (SSSR count). The van der Waals surface area contributed by atoms with Crippen LogP contribution in [0.1, 0.15) is 36.3 Å². The molecule has 5 nitrogen and oxygen atoms in total. The summed E-state index contributed by atoms with van der Waals surface area (Å²) < 4.78 is 0.839. The van der Waals surface area contributed by atoms with E-state index in [9.17, 15) is 4.79 Å². The number of nitrogens with one attached hydrogen (secondary N) is 2. The lowest BCUT2D eigenvalue weighted by Gasteiger charge is -2.09. The highest BCUT2D eigenvalue weighted by Crippen LogP contribution is 2.23. The number of rotatable bonds is 6. The van der Waals surface area contributed by atoms with Crippen LogP contribution in [0.2, 0.25) is 0 Å². The summed E-state index contributed by atoms with van der Waals surface area (Å²) in [4.78, 5) is 20.6. The molecule has 0 saturated heterocycles. The minimum absolute atomic E-state index is 0.282. The van der Waals surface area contributed by atoms with E-state index in [0.717, 1.165) is 23.0 Å². The van der Waals surface area contributed by atoms with E-state index < -0.39 is 0 Å². The highest BCUT2D eigenvalue weighted by atomic mass is 79.9. The molecule has 0 bridgehead atoms. The van der Waals surface area contributed by atoms with Crippen LogP contribution in [0.5, 0.6) is 0 Å². The largest absolute Gasteiger partial charge is 0.369 e. The Morgan fingerprint density at radius 1 is 1.26 bits per heavy atom. The molecule has 2 aromatic rings. The Bertz CT molecular complexity index is 671.